The molecule has 4 nitrogen and oxygen atoms in total. The monoisotopic (exact) mass is 200 g/mol. The van der Waals surface area contributed by atoms with Gasteiger partial charge in [0.1, 0.15) is 11.5 Å². The maximum Gasteiger partial charge on any atom is 0.354 e. The van der Waals surface area contributed by atoms with Crippen LogP contribution in [0.15, 0.2) is 6.33 Å². The van der Waals surface area contributed by atoms with E-state index >= 15 is 0 Å². The van der Waals surface area contributed by atoms with Crippen LogP contribution in [-0.2, 0) is 6.42 Å². The molecule has 70 valence electrons. The maximum atomic E-state index is 10.7. The standard InChI is InChI=1S/C8H9ClN2O2/c1-2-3-5-6(8(12)13)10-4-11-7(5)9/h4H,2-3H2,1H3,(H,12,13). The smallest absolute Gasteiger partial charge is 0.354 e. The highest BCUT2D eigenvalue weighted by Gasteiger charge is 2.14. The fourth-order valence-electron chi connectivity index (χ4n) is 1.05. The van der Waals surface area contributed by atoms with Gasteiger partial charge in [-0.2, -0.15) is 0 Å². The van der Waals surface area contributed by atoms with Gasteiger partial charge in [-0.1, -0.05) is 24.9 Å². The van der Waals surface area contributed by atoms with E-state index in [2.05, 4.69) is 9.97 Å². The molecule has 1 heterocycles. The molecule has 13 heavy (non-hydrogen) atoms. The van der Waals surface area contributed by atoms with Crippen molar-refractivity contribution in [2.45, 2.75) is 19.8 Å². The lowest BCUT2D eigenvalue weighted by Gasteiger charge is -2.03. The highest BCUT2D eigenvalue weighted by atomic mass is 35.5. The fraction of sp³-hybridized carbons (Fsp3) is 0.375. The van der Waals surface area contributed by atoms with E-state index in [0.29, 0.717) is 12.0 Å². The molecule has 1 aromatic heterocycles. The van der Waals surface area contributed by atoms with E-state index in [9.17, 15) is 4.79 Å². The molecular formula is C8H9ClN2O2. The molecule has 0 aromatic carbocycles. The minimum absolute atomic E-state index is 0.00171. The molecular weight excluding hydrogens is 192 g/mol. The van der Waals surface area contributed by atoms with E-state index in [0.717, 1.165) is 12.7 Å². The highest BCUT2D eigenvalue weighted by molar-refractivity contribution is 6.30. The summed E-state index contributed by atoms with van der Waals surface area (Å²) in [7, 11) is 0. The molecule has 0 saturated carbocycles. The van der Waals surface area contributed by atoms with Gasteiger partial charge in [-0.15, -0.1) is 0 Å². The molecule has 1 rings (SSSR count). The Morgan fingerprint density at radius 1 is 1.62 bits per heavy atom. The Labute approximate surface area is 80.6 Å². The number of carboxylic acid groups (broad SMARTS) is 1. The third kappa shape index (κ3) is 2.15. The second kappa shape index (κ2) is 4.18. The van der Waals surface area contributed by atoms with E-state index in [1.54, 1.807) is 0 Å². The van der Waals surface area contributed by atoms with Crippen LogP contribution >= 0.6 is 11.6 Å². The summed E-state index contributed by atoms with van der Waals surface area (Å²) in [5.41, 5.74) is 0.515. The summed E-state index contributed by atoms with van der Waals surface area (Å²) in [4.78, 5) is 18.1. The summed E-state index contributed by atoms with van der Waals surface area (Å²) < 4.78 is 0. The average molecular weight is 201 g/mol. The van der Waals surface area contributed by atoms with Crippen molar-refractivity contribution in [2.75, 3.05) is 0 Å². The molecule has 0 unspecified atom stereocenters. The number of aromatic carboxylic acids is 1. The summed E-state index contributed by atoms with van der Waals surface area (Å²) in [6, 6.07) is 0. The zero-order valence-electron chi connectivity index (χ0n) is 7.12. The second-order valence-corrected chi connectivity index (χ2v) is 2.90. The first-order valence-corrected chi connectivity index (χ1v) is 4.27. The lowest BCUT2D eigenvalue weighted by atomic mass is 10.1. The van der Waals surface area contributed by atoms with Crippen molar-refractivity contribution in [1.29, 1.82) is 0 Å². The molecule has 0 spiro atoms. The van der Waals surface area contributed by atoms with Crippen LogP contribution in [0.4, 0.5) is 0 Å². The highest BCUT2D eigenvalue weighted by Crippen LogP contribution is 2.17. The number of aromatic nitrogens is 2. The molecule has 0 fully saturated rings. The van der Waals surface area contributed by atoms with Crippen molar-refractivity contribution >= 4 is 17.6 Å². The van der Waals surface area contributed by atoms with E-state index in [1.165, 1.54) is 0 Å². The minimum atomic E-state index is -1.06. The Hall–Kier alpha value is -1.16. The zero-order chi connectivity index (χ0) is 9.84. The molecule has 0 bridgehead atoms. The molecule has 0 aliphatic rings. The molecule has 0 atom stereocenters. The van der Waals surface area contributed by atoms with Crippen LogP contribution in [0.2, 0.25) is 5.15 Å². The van der Waals surface area contributed by atoms with Crippen molar-refractivity contribution in [3.05, 3.63) is 22.7 Å². The number of rotatable bonds is 3. The first-order valence-electron chi connectivity index (χ1n) is 3.89. The van der Waals surface area contributed by atoms with Crippen molar-refractivity contribution in [3.8, 4) is 0 Å². The van der Waals surface area contributed by atoms with Gasteiger partial charge in [-0.3, -0.25) is 0 Å². The summed E-state index contributed by atoms with van der Waals surface area (Å²) in [6.45, 7) is 1.94. The number of hydrogen-bond acceptors (Lipinski definition) is 3. The van der Waals surface area contributed by atoms with Gasteiger partial charge >= 0.3 is 5.97 Å². The molecule has 1 N–H and O–H groups in total. The normalized spacial score (nSPS) is 10.0. The molecule has 0 amide bonds. The Morgan fingerprint density at radius 2 is 2.31 bits per heavy atom. The molecule has 1 aromatic rings. The van der Waals surface area contributed by atoms with Crippen LogP contribution < -0.4 is 0 Å². The third-order valence-corrected chi connectivity index (χ3v) is 1.92. The Bertz CT molecular complexity index is 328. The molecule has 0 aliphatic heterocycles. The van der Waals surface area contributed by atoms with Crippen LogP contribution in [0.1, 0.15) is 29.4 Å². The lowest BCUT2D eigenvalue weighted by molar-refractivity contribution is 0.0689. The first kappa shape index (κ1) is 9.92. The summed E-state index contributed by atoms with van der Waals surface area (Å²) in [6.07, 6.45) is 2.56. The Morgan fingerprint density at radius 3 is 2.85 bits per heavy atom. The lowest BCUT2D eigenvalue weighted by Crippen LogP contribution is -2.07. The quantitative estimate of drug-likeness (QED) is 0.756. The van der Waals surface area contributed by atoms with Gasteiger partial charge in [0.15, 0.2) is 5.69 Å². The van der Waals surface area contributed by atoms with Crippen LogP contribution in [0, 0.1) is 0 Å². The van der Waals surface area contributed by atoms with Crippen LogP contribution in [0.5, 0.6) is 0 Å². The van der Waals surface area contributed by atoms with Gasteiger partial charge < -0.3 is 5.11 Å². The number of halogens is 1. The van der Waals surface area contributed by atoms with E-state index < -0.39 is 5.97 Å². The van der Waals surface area contributed by atoms with E-state index in [-0.39, 0.29) is 10.8 Å². The molecule has 5 heteroatoms. The number of carboxylic acids is 1. The van der Waals surface area contributed by atoms with Gasteiger partial charge in [0, 0.05) is 5.56 Å². The Kier molecular flexibility index (Phi) is 3.19. The van der Waals surface area contributed by atoms with Crippen molar-refractivity contribution < 1.29 is 9.90 Å². The fourth-order valence-corrected chi connectivity index (χ4v) is 1.27. The van der Waals surface area contributed by atoms with E-state index in [4.69, 9.17) is 16.7 Å². The topological polar surface area (TPSA) is 63.1 Å². The predicted molar refractivity (Wildman–Crippen MR) is 48.0 cm³/mol. The van der Waals surface area contributed by atoms with E-state index in [1.807, 2.05) is 6.92 Å². The summed E-state index contributed by atoms with van der Waals surface area (Å²) in [5, 5.41) is 9.00. The van der Waals surface area contributed by atoms with Crippen molar-refractivity contribution in [1.82, 2.24) is 9.97 Å². The van der Waals surface area contributed by atoms with Crippen molar-refractivity contribution in [2.24, 2.45) is 0 Å². The Balaban J connectivity index is 3.17. The van der Waals surface area contributed by atoms with Gasteiger partial charge in [0.05, 0.1) is 0 Å². The summed E-state index contributed by atoms with van der Waals surface area (Å²) >= 11 is 5.74. The van der Waals surface area contributed by atoms with Gasteiger partial charge in [-0.25, -0.2) is 14.8 Å². The van der Waals surface area contributed by atoms with Crippen LogP contribution in [0.3, 0.4) is 0 Å². The first-order chi connectivity index (χ1) is 6.16. The third-order valence-electron chi connectivity index (χ3n) is 1.60. The second-order valence-electron chi connectivity index (χ2n) is 2.55. The zero-order valence-corrected chi connectivity index (χ0v) is 7.88. The van der Waals surface area contributed by atoms with Crippen molar-refractivity contribution in [3.63, 3.8) is 0 Å². The maximum absolute atomic E-state index is 10.7. The minimum Gasteiger partial charge on any atom is -0.476 e. The molecule has 0 saturated heterocycles. The largest absolute Gasteiger partial charge is 0.476 e. The number of carbonyl (C=O) groups is 1. The average Bonchev–Trinajstić information content (AvgIpc) is 2.08. The van der Waals surface area contributed by atoms with Gasteiger partial charge in [0.2, 0.25) is 0 Å². The number of nitrogens with zero attached hydrogens (tertiary/aromatic N) is 2. The predicted octanol–water partition coefficient (Wildman–Crippen LogP) is 1.78. The SMILES string of the molecule is CCCc1c(Cl)ncnc1C(=O)O. The molecule has 0 radical (unpaired) electrons. The van der Waals surface area contributed by atoms with Gasteiger partial charge in [0.25, 0.3) is 0 Å². The van der Waals surface area contributed by atoms with Gasteiger partial charge in [-0.05, 0) is 6.42 Å². The number of hydrogen-bond donors (Lipinski definition) is 1. The summed E-state index contributed by atoms with van der Waals surface area (Å²) in [5.74, 6) is -1.06. The van der Waals surface area contributed by atoms with Crippen LogP contribution in [0.25, 0.3) is 0 Å². The van der Waals surface area contributed by atoms with Crippen LogP contribution in [-0.4, -0.2) is 21.0 Å². The molecule has 0 aliphatic carbocycles.